The standard InChI is InChI=1S/C13H24N2O3/c1-4-9(2)14-8-12(16)15-6-5-11(13(17)18)7-10(15)3/h9-11,14H,4-8H2,1-3H3,(H,17,18). The van der Waals surface area contributed by atoms with Crippen LogP contribution in [0.25, 0.3) is 0 Å². The Kier molecular flexibility index (Phi) is 5.59. The minimum absolute atomic E-state index is 0.0195. The Balaban J connectivity index is 2.43. The maximum absolute atomic E-state index is 12.0. The molecule has 0 aromatic rings. The zero-order valence-corrected chi connectivity index (χ0v) is 11.5. The van der Waals surface area contributed by atoms with Gasteiger partial charge in [0.2, 0.25) is 5.91 Å². The van der Waals surface area contributed by atoms with Crippen molar-refractivity contribution in [3.63, 3.8) is 0 Å². The van der Waals surface area contributed by atoms with Crippen LogP contribution in [0.1, 0.15) is 40.0 Å². The van der Waals surface area contributed by atoms with Gasteiger partial charge in [0.05, 0.1) is 12.5 Å². The molecule has 0 aliphatic carbocycles. The van der Waals surface area contributed by atoms with Crippen molar-refractivity contribution in [1.29, 1.82) is 0 Å². The molecule has 1 aliphatic rings. The third kappa shape index (κ3) is 3.98. The number of carbonyl (C=O) groups is 2. The molecule has 1 heterocycles. The Labute approximate surface area is 109 Å². The van der Waals surface area contributed by atoms with Gasteiger partial charge in [-0.3, -0.25) is 9.59 Å². The minimum atomic E-state index is -0.744. The number of rotatable bonds is 5. The smallest absolute Gasteiger partial charge is 0.306 e. The van der Waals surface area contributed by atoms with Gasteiger partial charge in [-0.25, -0.2) is 0 Å². The summed E-state index contributed by atoms with van der Waals surface area (Å²) in [5.74, 6) is -0.968. The third-order valence-electron chi connectivity index (χ3n) is 3.76. The van der Waals surface area contributed by atoms with Gasteiger partial charge in [-0.05, 0) is 33.1 Å². The molecule has 3 atom stereocenters. The molecule has 1 rings (SSSR count). The summed E-state index contributed by atoms with van der Waals surface area (Å²) in [7, 11) is 0. The van der Waals surface area contributed by atoms with Crippen molar-refractivity contribution in [3.8, 4) is 0 Å². The van der Waals surface area contributed by atoms with Crippen molar-refractivity contribution in [1.82, 2.24) is 10.2 Å². The van der Waals surface area contributed by atoms with Crippen LogP contribution >= 0.6 is 0 Å². The molecular weight excluding hydrogens is 232 g/mol. The molecule has 1 fully saturated rings. The van der Waals surface area contributed by atoms with Crippen LogP contribution in [0.4, 0.5) is 0 Å². The molecule has 3 unspecified atom stereocenters. The number of carbonyl (C=O) groups excluding carboxylic acids is 1. The largest absolute Gasteiger partial charge is 0.481 e. The first-order valence-electron chi connectivity index (χ1n) is 6.71. The Morgan fingerprint density at radius 2 is 2.17 bits per heavy atom. The van der Waals surface area contributed by atoms with Gasteiger partial charge in [0.25, 0.3) is 0 Å². The fourth-order valence-corrected chi connectivity index (χ4v) is 2.27. The van der Waals surface area contributed by atoms with Crippen molar-refractivity contribution in [2.75, 3.05) is 13.1 Å². The van der Waals surface area contributed by atoms with Crippen LogP contribution in [0.15, 0.2) is 0 Å². The predicted molar refractivity (Wildman–Crippen MR) is 69.3 cm³/mol. The first-order chi connectivity index (χ1) is 8.45. The van der Waals surface area contributed by atoms with Gasteiger partial charge in [-0.2, -0.15) is 0 Å². The average molecular weight is 256 g/mol. The predicted octanol–water partition coefficient (Wildman–Crippen LogP) is 1.09. The lowest BCUT2D eigenvalue weighted by molar-refractivity contribution is -0.147. The van der Waals surface area contributed by atoms with Gasteiger partial charge < -0.3 is 15.3 Å². The van der Waals surface area contributed by atoms with Gasteiger partial charge in [-0.15, -0.1) is 0 Å². The summed E-state index contributed by atoms with van der Waals surface area (Å²) in [4.78, 5) is 24.7. The van der Waals surface area contributed by atoms with Gasteiger partial charge in [-0.1, -0.05) is 6.92 Å². The summed E-state index contributed by atoms with van der Waals surface area (Å²) in [5.41, 5.74) is 0. The number of nitrogens with one attached hydrogen (secondary N) is 1. The molecule has 104 valence electrons. The molecule has 5 heteroatoms. The topological polar surface area (TPSA) is 69.6 Å². The summed E-state index contributed by atoms with van der Waals surface area (Å²) in [6, 6.07) is 0.354. The Morgan fingerprint density at radius 3 is 2.67 bits per heavy atom. The summed E-state index contributed by atoms with van der Waals surface area (Å²) >= 11 is 0. The number of piperidine rings is 1. The molecule has 2 N–H and O–H groups in total. The number of aliphatic carboxylic acids is 1. The summed E-state index contributed by atoms with van der Waals surface area (Å²) in [5, 5.41) is 12.1. The molecule has 18 heavy (non-hydrogen) atoms. The summed E-state index contributed by atoms with van der Waals surface area (Å²) in [6.07, 6.45) is 2.11. The second kappa shape index (κ2) is 6.73. The van der Waals surface area contributed by atoms with Crippen LogP contribution in [0, 0.1) is 5.92 Å². The molecule has 0 spiro atoms. The zero-order valence-electron chi connectivity index (χ0n) is 11.5. The minimum Gasteiger partial charge on any atom is -0.481 e. The monoisotopic (exact) mass is 256 g/mol. The number of amides is 1. The number of nitrogens with zero attached hydrogens (tertiary/aromatic N) is 1. The lowest BCUT2D eigenvalue weighted by Crippen LogP contribution is -2.49. The summed E-state index contributed by atoms with van der Waals surface area (Å²) in [6.45, 7) is 6.95. The van der Waals surface area contributed by atoms with Crippen molar-refractivity contribution < 1.29 is 14.7 Å². The Hall–Kier alpha value is -1.10. The van der Waals surface area contributed by atoms with Crippen LogP contribution in [0.3, 0.4) is 0 Å². The first kappa shape index (κ1) is 15.0. The fraction of sp³-hybridized carbons (Fsp3) is 0.846. The molecule has 0 radical (unpaired) electrons. The number of carboxylic acid groups (broad SMARTS) is 1. The molecule has 1 amide bonds. The van der Waals surface area contributed by atoms with E-state index in [1.165, 1.54) is 0 Å². The number of hydrogen-bond donors (Lipinski definition) is 2. The second-order valence-corrected chi connectivity index (χ2v) is 5.19. The normalized spacial score (nSPS) is 25.8. The zero-order chi connectivity index (χ0) is 13.7. The number of likely N-dealkylation sites (tertiary alicyclic amines) is 1. The van der Waals surface area contributed by atoms with E-state index in [0.29, 0.717) is 32.0 Å². The van der Waals surface area contributed by atoms with E-state index < -0.39 is 5.97 Å². The van der Waals surface area contributed by atoms with Crippen molar-refractivity contribution in [2.45, 2.75) is 52.1 Å². The van der Waals surface area contributed by atoms with Crippen LogP contribution < -0.4 is 5.32 Å². The lowest BCUT2D eigenvalue weighted by atomic mass is 9.91. The number of carboxylic acids is 1. The van der Waals surface area contributed by atoms with E-state index in [0.717, 1.165) is 6.42 Å². The molecule has 5 nitrogen and oxygen atoms in total. The van der Waals surface area contributed by atoms with E-state index in [1.54, 1.807) is 4.90 Å². The van der Waals surface area contributed by atoms with Gasteiger partial charge >= 0.3 is 5.97 Å². The molecule has 0 saturated carbocycles. The van der Waals surface area contributed by atoms with Crippen LogP contribution in [0.5, 0.6) is 0 Å². The van der Waals surface area contributed by atoms with Gasteiger partial charge in [0, 0.05) is 18.6 Å². The maximum atomic E-state index is 12.0. The Morgan fingerprint density at radius 1 is 1.50 bits per heavy atom. The van der Waals surface area contributed by atoms with E-state index in [1.807, 2.05) is 13.8 Å². The highest BCUT2D eigenvalue weighted by Gasteiger charge is 2.31. The SMILES string of the molecule is CCC(C)NCC(=O)N1CCC(C(=O)O)CC1C. The molecule has 0 aromatic carbocycles. The highest BCUT2D eigenvalue weighted by atomic mass is 16.4. The van der Waals surface area contributed by atoms with E-state index in [-0.39, 0.29) is 17.9 Å². The van der Waals surface area contributed by atoms with E-state index in [4.69, 9.17) is 5.11 Å². The average Bonchev–Trinajstić information content (AvgIpc) is 2.35. The van der Waals surface area contributed by atoms with E-state index in [9.17, 15) is 9.59 Å². The number of hydrogen-bond acceptors (Lipinski definition) is 3. The fourth-order valence-electron chi connectivity index (χ4n) is 2.27. The first-order valence-corrected chi connectivity index (χ1v) is 6.71. The van der Waals surface area contributed by atoms with Crippen LogP contribution in [-0.2, 0) is 9.59 Å². The Bertz CT molecular complexity index is 307. The lowest BCUT2D eigenvalue weighted by Gasteiger charge is -2.36. The highest BCUT2D eigenvalue weighted by molar-refractivity contribution is 5.79. The molecule has 0 bridgehead atoms. The van der Waals surface area contributed by atoms with E-state index in [2.05, 4.69) is 12.2 Å². The molecule has 0 aromatic heterocycles. The van der Waals surface area contributed by atoms with Gasteiger partial charge in [0.15, 0.2) is 0 Å². The van der Waals surface area contributed by atoms with Crippen molar-refractivity contribution in [3.05, 3.63) is 0 Å². The summed E-state index contributed by atoms with van der Waals surface area (Å²) < 4.78 is 0. The van der Waals surface area contributed by atoms with Crippen LogP contribution in [-0.4, -0.2) is 47.1 Å². The van der Waals surface area contributed by atoms with Crippen molar-refractivity contribution >= 4 is 11.9 Å². The van der Waals surface area contributed by atoms with Crippen LogP contribution in [0.2, 0.25) is 0 Å². The highest BCUT2D eigenvalue weighted by Crippen LogP contribution is 2.22. The molecule has 1 aliphatic heterocycles. The van der Waals surface area contributed by atoms with E-state index >= 15 is 0 Å². The second-order valence-electron chi connectivity index (χ2n) is 5.19. The quantitative estimate of drug-likeness (QED) is 0.772. The molecular formula is C13H24N2O3. The van der Waals surface area contributed by atoms with Crippen molar-refractivity contribution in [2.24, 2.45) is 5.92 Å². The third-order valence-corrected chi connectivity index (χ3v) is 3.76. The van der Waals surface area contributed by atoms with Gasteiger partial charge in [0.1, 0.15) is 0 Å². The maximum Gasteiger partial charge on any atom is 0.306 e. The molecule has 1 saturated heterocycles.